The third-order valence-electron chi connectivity index (χ3n) is 3.11. The van der Waals surface area contributed by atoms with E-state index in [0.29, 0.717) is 23.9 Å². The fourth-order valence-corrected chi connectivity index (χ4v) is 1.98. The van der Waals surface area contributed by atoms with Crippen LogP contribution in [0.4, 0.5) is 0 Å². The summed E-state index contributed by atoms with van der Waals surface area (Å²) in [5.74, 6) is 0.143. The maximum absolute atomic E-state index is 12.3. The van der Waals surface area contributed by atoms with E-state index in [-0.39, 0.29) is 18.2 Å². The molecular weight excluding hydrogens is 361 g/mol. The molecule has 0 bridgehead atoms. The molecule has 0 N–H and O–H groups in total. The number of hydrogen-bond acceptors (Lipinski definition) is 4. The summed E-state index contributed by atoms with van der Waals surface area (Å²) in [5.41, 5.74) is 0.853. The Bertz CT molecular complexity index is 686. The van der Waals surface area contributed by atoms with Gasteiger partial charge in [-0.25, -0.2) is 4.79 Å². The number of nitrogens with zero attached hydrogens (tertiary/aromatic N) is 1. The van der Waals surface area contributed by atoms with Gasteiger partial charge in [0.1, 0.15) is 12.4 Å². The summed E-state index contributed by atoms with van der Waals surface area (Å²) in [6, 6.07) is 16.3. The van der Waals surface area contributed by atoms with Crippen LogP contribution < -0.4 is 4.74 Å². The molecule has 0 aromatic heterocycles. The molecule has 25 heavy (non-hydrogen) atoms. The second-order valence-electron chi connectivity index (χ2n) is 5.41. The molecule has 6 heteroatoms. The zero-order valence-electron chi connectivity index (χ0n) is 14.1. The summed E-state index contributed by atoms with van der Waals surface area (Å²) in [6.45, 7) is 0.938. The molecular formula is C19H21Cl2NO3. The summed E-state index contributed by atoms with van der Waals surface area (Å²) in [5, 5.41) is 0.601. The van der Waals surface area contributed by atoms with Crippen molar-refractivity contribution in [2.24, 2.45) is 0 Å². The molecule has 134 valence electrons. The molecule has 0 fully saturated rings. The van der Waals surface area contributed by atoms with Crippen molar-refractivity contribution in [2.45, 2.75) is 0 Å². The monoisotopic (exact) mass is 381 g/mol. The second kappa shape index (κ2) is 10.8. The van der Waals surface area contributed by atoms with Gasteiger partial charge in [-0.2, -0.15) is 0 Å². The average Bonchev–Trinajstić information content (AvgIpc) is 2.57. The molecule has 0 aliphatic carbocycles. The maximum atomic E-state index is 12.3. The van der Waals surface area contributed by atoms with E-state index >= 15 is 0 Å². The lowest BCUT2D eigenvalue weighted by Crippen LogP contribution is -2.22. The van der Waals surface area contributed by atoms with Gasteiger partial charge >= 0.3 is 5.97 Å². The number of carbonyl (C=O) groups is 1. The minimum Gasteiger partial charge on any atom is -0.458 e. The van der Waals surface area contributed by atoms with E-state index in [9.17, 15) is 4.79 Å². The zero-order chi connectivity index (χ0) is 17.4. The second-order valence-corrected chi connectivity index (χ2v) is 5.85. The Balaban J connectivity index is 0.00000312. The van der Waals surface area contributed by atoms with E-state index in [2.05, 4.69) is 0 Å². The van der Waals surface area contributed by atoms with Gasteiger partial charge in [0.05, 0.1) is 0 Å². The maximum Gasteiger partial charge on any atom is 0.374 e. The first-order valence-corrected chi connectivity index (χ1v) is 7.94. The number of benzene rings is 2. The van der Waals surface area contributed by atoms with Crippen molar-refractivity contribution >= 4 is 36.1 Å². The van der Waals surface area contributed by atoms with Crippen molar-refractivity contribution in [3.63, 3.8) is 0 Å². The predicted molar refractivity (Wildman–Crippen MR) is 103 cm³/mol. The molecule has 2 rings (SSSR count). The van der Waals surface area contributed by atoms with Crippen molar-refractivity contribution in [2.75, 3.05) is 27.2 Å². The highest BCUT2D eigenvalue weighted by molar-refractivity contribution is 6.30. The molecule has 0 saturated carbocycles. The highest BCUT2D eigenvalue weighted by Crippen LogP contribution is 2.19. The molecule has 2 aromatic rings. The Labute approximate surface area is 159 Å². The molecule has 0 unspecified atom stereocenters. The van der Waals surface area contributed by atoms with Crippen molar-refractivity contribution in [3.05, 3.63) is 70.9 Å². The first-order valence-electron chi connectivity index (χ1n) is 7.56. The van der Waals surface area contributed by atoms with Crippen LogP contribution in [0.5, 0.6) is 5.75 Å². The van der Waals surface area contributed by atoms with Gasteiger partial charge in [-0.1, -0.05) is 41.9 Å². The van der Waals surface area contributed by atoms with Gasteiger partial charge in [-0.05, 0) is 50.0 Å². The Morgan fingerprint density at radius 2 is 1.72 bits per heavy atom. The topological polar surface area (TPSA) is 38.8 Å². The van der Waals surface area contributed by atoms with Crippen molar-refractivity contribution in [1.82, 2.24) is 4.90 Å². The SMILES string of the molecule is CN(C)CCOC(=O)/C(=C\c1ccccc1)Oc1ccc(Cl)cc1.Cl. The largest absolute Gasteiger partial charge is 0.458 e. The minimum absolute atomic E-state index is 0. The quantitative estimate of drug-likeness (QED) is 0.407. The van der Waals surface area contributed by atoms with Crippen molar-refractivity contribution in [3.8, 4) is 5.75 Å². The summed E-state index contributed by atoms with van der Waals surface area (Å²) >= 11 is 5.87. The molecule has 0 aliphatic heterocycles. The fourth-order valence-electron chi connectivity index (χ4n) is 1.85. The van der Waals surface area contributed by atoms with Crippen LogP contribution in [-0.2, 0) is 9.53 Å². The Kier molecular flexibility index (Phi) is 9.06. The van der Waals surface area contributed by atoms with Gasteiger partial charge in [0.2, 0.25) is 5.76 Å². The van der Waals surface area contributed by atoms with Crippen molar-refractivity contribution in [1.29, 1.82) is 0 Å². The smallest absolute Gasteiger partial charge is 0.374 e. The lowest BCUT2D eigenvalue weighted by atomic mass is 10.2. The van der Waals surface area contributed by atoms with Crippen LogP contribution in [0, 0.1) is 0 Å². The molecule has 0 aliphatic rings. The van der Waals surface area contributed by atoms with Crippen molar-refractivity contribution < 1.29 is 14.3 Å². The number of carbonyl (C=O) groups excluding carboxylic acids is 1. The van der Waals surface area contributed by atoms with Gasteiger partial charge in [0, 0.05) is 11.6 Å². The number of hydrogen-bond donors (Lipinski definition) is 0. The van der Waals surface area contributed by atoms with Crippen LogP contribution in [0.3, 0.4) is 0 Å². The van der Waals surface area contributed by atoms with Crippen LogP contribution in [-0.4, -0.2) is 38.1 Å². The molecule has 0 heterocycles. The number of ether oxygens (including phenoxy) is 2. The molecule has 4 nitrogen and oxygen atoms in total. The molecule has 0 amide bonds. The molecule has 0 spiro atoms. The number of likely N-dealkylation sites (N-methyl/N-ethyl adjacent to an activating group) is 1. The minimum atomic E-state index is -0.504. The average molecular weight is 382 g/mol. The Morgan fingerprint density at radius 1 is 1.08 bits per heavy atom. The fraction of sp³-hybridized carbons (Fsp3) is 0.211. The molecule has 0 radical (unpaired) electrons. The van der Waals surface area contributed by atoms with E-state index in [1.54, 1.807) is 30.3 Å². The summed E-state index contributed by atoms with van der Waals surface area (Å²) in [4.78, 5) is 14.3. The summed E-state index contributed by atoms with van der Waals surface area (Å²) in [7, 11) is 3.83. The van der Waals surface area contributed by atoms with Gasteiger partial charge in [0.25, 0.3) is 0 Å². The van der Waals surface area contributed by atoms with Gasteiger partial charge in [0.15, 0.2) is 0 Å². The number of rotatable bonds is 7. The van der Waals surface area contributed by atoms with E-state index in [1.807, 2.05) is 49.3 Å². The van der Waals surface area contributed by atoms with Crippen LogP contribution in [0.1, 0.15) is 5.56 Å². The van der Waals surface area contributed by atoms with Gasteiger partial charge in [-0.3, -0.25) is 0 Å². The van der Waals surface area contributed by atoms with Crippen LogP contribution in [0.15, 0.2) is 60.4 Å². The standard InChI is InChI=1S/C19H20ClNO3.ClH/c1-21(2)12-13-23-19(22)18(14-15-6-4-3-5-7-15)24-17-10-8-16(20)9-11-17;/h3-11,14H,12-13H2,1-2H3;1H/b18-14+;. The van der Waals surface area contributed by atoms with Crippen LogP contribution >= 0.6 is 24.0 Å². The normalized spacial score (nSPS) is 11.0. The number of halogens is 2. The van der Waals surface area contributed by atoms with Crippen LogP contribution in [0.2, 0.25) is 5.02 Å². The first-order chi connectivity index (χ1) is 11.5. The molecule has 0 saturated heterocycles. The molecule has 2 aromatic carbocycles. The predicted octanol–water partition coefficient (Wildman–Crippen LogP) is 4.29. The summed E-state index contributed by atoms with van der Waals surface area (Å²) in [6.07, 6.45) is 1.66. The number of esters is 1. The van der Waals surface area contributed by atoms with Crippen LogP contribution in [0.25, 0.3) is 6.08 Å². The van der Waals surface area contributed by atoms with Gasteiger partial charge < -0.3 is 14.4 Å². The first kappa shape index (κ1) is 21.0. The highest BCUT2D eigenvalue weighted by atomic mass is 35.5. The molecule has 0 atom stereocenters. The highest BCUT2D eigenvalue weighted by Gasteiger charge is 2.14. The van der Waals surface area contributed by atoms with E-state index in [4.69, 9.17) is 21.1 Å². The zero-order valence-corrected chi connectivity index (χ0v) is 15.7. The van der Waals surface area contributed by atoms with E-state index in [0.717, 1.165) is 5.56 Å². The lowest BCUT2D eigenvalue weighted by molar-refractivity contribution is -0.141. The van der Waals surface area contributed by atoms with E-state index < -0.39 is 5.97 Å². The summed E-state index contributed by atoms with van der Waals surface area (Å²) < 4.78 is 11.0. The van der Waals surface area contributed by atoms with Gasteiger partial charge in [-0.15, -0.1) is 12.4 Å². The third kappa shape index (κ3) is 7.61. The third-order valence-corrected chi connectivity index (χ3v) is 3.36. The van der Waals surface area contributed by atoms with E-state index in [1.165, 1.54) is 0 Å². The lowest BCUT2D eigenvalue weighted by Gasteiger charge is -2.12. The Morgan fingerprint density at radius 3 is 2.32 bits per heavy atom. The Hall–Kier alpha value is -2.01.